The van der Waals surface area contributed by atoms with Gasteiger partial charge in [-0.2, -0.15) is 5.10 Å². The van der Waals surface area contributed by atoms with Crippen LogP contribution in [-0.2, 0) is 11.8 Å². The maximum absolute atomic E-state index is 12.5. The van der Waals surface area contributed by atoms with E-state index < -0.39 is 11.4 Å². The van der Waals surface area contributed by atoms with E-state index in [1.807, 2.05) is 12.1 Å². The van der Waals surface area contributed by atoms with Gasteiger partial charge in [0.25, 0.3) is 5.91 Å². The van der Waals surface area contributed by atoms with Gasteiger partial charge in [-0.1, -0.05) is 29.8 Å². The summed E-state index contributed by atoms with van der Waals surface area (Å²) in [5.74, 6) is -1.20. The van der Waals surface area contributed by atoms with Crippen molar-refractivity contribution in [2.45, 2.75) is 20.3 Å². The van der Waals surface area contributed by atoms with Gasteiger partial charge in [0.05, 0.1) is 16.0 Å². The van der Waals surface area contributed by atoms with Crippen LogP contribution in [0.3, 0.4) is 0 Å². The zero-order valence-electron chi connectivity index (χ0n) is 13.8. The van der Waals surface area contributed by atoms with Gasteiger partial charge >= 0.3 is 5.97 Å². The first-order valence-electron chi connectivity index (χ1n) is 7.52. The molecule has 1 aromatic heterocycles. The van der Waals surface area contributed by atoms with Gasteiger partial charge in [-0.25, -0.2) is 0 Å². The first kappa shape index (κ1) is 18.0. The average Bonchev–Trinajstić information content (AvgIpc) is 2.89. The summed E-state index contributed by atoms with van der Waals surface area (Å²) in [6.07, 6.45) is 1.95. The number of nitrogens with zero attached hydrogens (tertiary/aromatic N) is 2. The molecule has 0 fully saturated rings. The molecule has 2 aromatic rings. The number of benzene rings is 1. The molecule has 24 heavy (non-hydrogen) atoms. The molecule has 128 valence electrons. The molecule has 2 N–H and O–H groups in total. The number of aryl methyl sites for hydroxylation is 1. The van der Waals surface area contributed by atoms with Gasteiger partial charge in [-0.05, 0) is 26.3 Å². The normalized spacial score (nSPS) is 11.3. The average molecular weight is 350 g/mol. The Morgan fingerprint density at radius 2 is 2.00 bits per heavy atom. The molecule has 1 amide bonds. The van der Waals surface area contributed by atoms with Crippen molar-refractivity contribution in [1.82, 2.24) is 15.1 Å². The summed E-state index contributed by atoms with van der Waals surface area (Å²) in [6, 6.07) is 7.17. The topological polar surface area (TPSA) is 84.2 Å². The van der Waals surface area contributed by atoms with Crippen LogP contribution >= 0.6 is 11.6 Å². The number of hydrogen-bond acceptors (Lipinski definition) is 3. The second-order valence-electron chi connectivity index (χ2n) is 6.24. The van der Waals surface area contributed by atoms with E-state index in [0.717, 1.165) is 0 Å². The highest BCUT2D eigenvalue weighted by atomic mass is 35.5. The van der Waals surface area contributed by atoms with Gasteiger partial charge in [0.2, 0.25) is 0 Å². The van der Waals surface area contributed by atoms with Crippen molar-refractivity contribution in [3.8, 4) is 11.3 Å². The van der Waals surface area contributed by atoms with Crippen molar-refractivity contribution in [3.63, 3.8) is 0 Å². The lowest BCUT2D eigenvalue weighted by molar-refractivity contribution is -0.147. The quantitative estimate of drug-likeness (QED) is 0.839. The van der Waals surface area contributed by atoms with Crippen molar-refractivity contribution >= 4 is 23.5 Å². The maximum Gasteiger partial charge on any atom is 0.309 e. The summed E-state index contributed by atoms with van der Waals surface area (Å²) in [5, 5.41) is 16.7. The van der Waals surface area contributed by atoms with Crippen LogP contribution in [0.1, 0.15) is 30.6 Å². The molecule has 0 aliphatic carbocycles. The number of halogens is 1. The number of carboxylic acid groups (broad SMARTS) is 1. The molecule has 0 saturated heterocycles. The second-order valence-corrected chi connectivity index (χ2v) is 6.65. The molecular formula is C17H20ClN3O3. The summed E-state index contributed by atoms with van der Waals surface area (Å²) >= 11 is 6.20. The van der Waals surface area contributed by atoms with Crippen LogP contribution in [0.2, 0.25) is 5.02 Å². The first-order valence-corrected chi connectivity index (χ1v) is 7.90. The summed E-state index contributed by atoms with van der Waals surface area (Å²) in [7, 11) is 1.73. The molecule has 0 saturated carbocycles. The fourth-order valence-electron chi connectivity index (χ4n) is 2.20. The van der Waals surface area contributed by atoms with Gasteiger partial charge < -0.3 is 10.4 Å². The highest BCUT2D eigenvalue weighted by molar-refractivity contribution is 6.33. The zero-order chi connectivity index (χ0) is 17.9. The summed E-state index contributed by atoms with van der Waals surface area (Å²) in [4.78, 5) is 23.6. The Kier molecular flexibility index (Phi) is 5.29. The minimum Gasteiger partial charge on any atom is -0.481 e. The lowest BCUT2D eigenvalue weighted by Crippen LogP contribution is -2.32. The Morgan fingerprint density at radius 3 is 2.62 bits per heavy atom. The van der Waals surface area contributed by atoms with Crippen LogP contribution in [0.4, 0.5) is 0 Å². The highest BCUT2D eigenvalue weighted by Gasteiger charge is 2.27. The van der Waals surface area contributed by atoms with Crippen LogP contribution in [0.5, 0.6) is 0 Å². The van der Waals surface area contributed by atoms with Gasteiger partial charge in [-0.3, -0.25) is 14.3 Å². The maximum atomic E-state index is 12.5. The summed E-state index contributed by atoms with van der Waals surface area (Å²) < 4.78 is 1.55. The van der Waals surface area contributed by atoms with E-state index in [2.05, 4.69) is 10.4 Å². The molecule has 0 bridgehead atoms. The van der Waals surface area contributed by atoms with E-state index in [1.165, 1.54) is 0 Å². The highest BCUT2D eigenvalue weighted by Crippen LogP contribution is 2.29. The number of hydrogen-bond donors (Lipinski definition) is 2. The minimum atomic E-state index is -0.895. The number of carbonyl (C=O) groups is 2. The van der Waals surface area contributed by atoms with Gasteiger partial charge in [-0.15, -0.1) is 0 Å². The molecule has 0 aliphatic rings. The number of aliphatic carboxylic acids is 1. The fraction of sp³-hybridized carbons (Fsp3) is 0.353. The van der Waals surface area contributed by atoms with Crippen LogP contribution < -0.4 is 5.32 Å². The van der Waals surface area contributed by atoms with E-state index in [4.69, 9.17) is 16.7 Å². The standard InChI is InChI=1S/C17H20ClN3O3/c1-17(2,16(23)24)8-9-19-15(22)12-10-21(3)20-14(12)11-6-4-5-7-13(11)18/h4-7,10H,8-9H2,1-3H3,(H,19,22)(H,23,24). The SMILES string of the molecule is Cn1cc(C(=O)NCCC(C)(C)C(=O)O)c(-c2ccccc2Cl)n1. The van der Waals surface area contributed by atoms with Crippen LogP contribution in [0, 0.1) is 5.41 Å². The molecule has 2 rings (SSSR count). The molecule has 0 spiro atoms. The number of amides is 1. The van der Waals surface area contributed by atoms with Crippen LogP contribution in [-0.4, -0.2) is 33.3 Å². The molecule has 1 aromatic carbocycles. The van der Waals surface area contributed by atoms with E-state index in [1.54, 1.807) is 43.9 Å². The van der Waals surface area contributed by atoms with Crippen molar-refractivity contribution < 1.29 is 14.7 Å². The Labute approximate surface area is 145 Å². The van der Waals surface area contributed by atoms with Gasteiger partial charge in [0.1, 0.15) is 5.69 Å². The Hall–Kier alpha value is -2.34. The van der Waals surface area contributed by atoms with E-state index >= 15 is 0 Å². The van der Waals surface area contributed by atoms with Crippen molar-refractivity contribution in [1.29, 1.82) is 0 Å². The lowest BCUT2D eigenvalue weighted by Gasteiger charge is -2.18. The largest absolute Gasteiger partial charge is 0.481 e. The predicted molar refractivity (Wildman–Crippen MR) is 92.0 cm³/mol. The Bertz CT molecular complexity index is 768. The predicted octanol–water partition coefficient (Wildman–Crippen LogP) is 2.97. The lowest BCUT2D eigenvalue weighted by atomic mass is 9.89. The molecule has 1 heterocycles. The summed E-state index contributed by atoms with van der Waals surface area (Å²) in [6.45, 7) is 3.51. The smallest absolute Gasteiger partial charge is 0.309 e. The molecule has 0 atom stereocenters. The third-order valence-electron chi connectivity index (χ3n) is 3.82. The number of carbonyl (C=O) groups excluding carboxylic acids is 1. The van der Waals surface area contributed by atoms with Gasteiger partial charge in [0, 0.05) is 25.4 Å². The van der Waals surface area contributed by atoms with Gasteiger partial charge in [0.15, 0.2) is 0 Å². The minimum absolute atomic E-state index is 0.259. The third kappa shape index (κ3) is 3.94. The number of nitrogens with one attached hydrogen (secondary N) is 1. The molecule has 0 unspecified atom stereocenters. The first-order chi connectivity index (χ1) is 11.2. The Morgan fingerprint density at radius 1 is 1.33 bits per heavy atom. The zero-order valence-corrected chi connectivity index (χ0v) is 14.6. The monoisotopic (exact) mass is 349 g/mol. The molecule has 7 heteroatoms. The second kappa shape index (κ2) is 7.05. The number of aromatic nitrogens is 2. The van der Waals surface area contributed by atoms with E-state index in [9.17, 15) is 9.59 Å². The van der Waals surface area contributed by atoms with Crippen molar-refractivity contribution in [2.75, 3.05) is 6.54 Å². The third-order valence-corrected chi connectivity index (χ3v) is 4.15. The Balaban J connectivity index is 2.17. The van der Waals surface area contributed by atoms with Crippen LogP contribution in [0.15, 0.2) is 30.5 Å². The van der Waals surface area contributed by atoms with E-state index in [0.29, 0.717) is 28.3 Å². The van der Waals surface area contributed by atoms with Crippen LogP contribution in [0.25, 0.3) is 11.3 Å². The fourth-order valence-corrected chi connectivity index (χ4v) is 2.42. The number of carboxylic acids is 1. The molecule has 6 nitrogen and oxygen atoms in total. The molecular weight excluding hydrogens is 330 g/mol. The molecule has 0 radical (unpaired) electrons. The van der Waals surface area contributed by atoms with Crippen molar-refractivity contribution in [3.05, 3.63) is 41.0 Å². The summed E-state index contributed by atoms with van der Waals surface area (Å²) in [5.41, 5.74) is 0.681. The molecule has 0 aliphatic heterocycles. The number of rotatable bonds is 6. The van der Waals surface area contributed by atoms with E-state index in [-0.39, 0.29) is 12.5 Å². The van der Waals surface area contributed by atoms with Crippen molar-refractivity contribution in [2.24, 2.45) is 12.5 Å².